The number of aromatic nitrogens is 1. The molecule has 3 aromatic rings. The van der Waals surface area contributed by atoms with E-state index in [4.69, 9.17) is 0 Å². The van der Waals surface area contributed by atoms with Crippen LogP contribution >= 0.6 is 0 Å². The van der Waals surface area contributed by atoms with Gasteiger partial charge in [0.2, 0.25) is 5.91 Å². The van der Waals surface area contributed by atoms with Gasteiger partial charge in [0, 0.05) is 31.5 Å². The number of aryl methyl sites for hydroxylation is 2. The minimum Gasteiger partial charge on any atom is -0.340 e. The van der Waals surface area contributed by atoms with Crippen molar-refractivity contribution in [1.82, 2.24) is 4.57 Å². The first-order valence-electron chi connectivity index (χ1n) is 9.02. The molecule has 0 radical (unpaired) electrons. The van der Waals surface area contributed by atoms with Crippen molar-refractivity contribution >= 4 is 22.5 Å². The van der Waals surface area contributed by atoms with E-state index in [-0.39, 0.29) is 12.8 Å². The molecule has 1 amide bonds. The van der Waals surface area contributed by atoms with E-state index in [1.807, 2.05) is 36.4 Å². The number of carbonyl (C=O) groups excluding carboxylic acids is 1. The Balaban J connectivity index is 0.000000537. The first-order chi connectivity index (χ1) is 13.5. The van der Waals surface area contributed by atoms with Crippen molar-refractivity contribution in [1.29, 1.82) is 5.26 Å². The average molecular weight is 401 g/mol. The smallest absolute Gasteiger partial charge is 0.340 e. The number of nitriles is 1. The van der Waals surface area contributed by atoms with Crippen LogP contribution in [0.25, 0.3) is 22.2 Å². The Morgan fingerprint density at radius 3 is 2.24 bits per heavy atom. The Hall–Kier alpha value is -3.27. The van der Waals surface area contributed by atoms with Crippen molar-refractivity contribution < 1.29 is 18.0 Å². The van der Waals surface area contributed by atoms with Gasteiger partial charge in [0.15, 0.2) is 0 Å². The van der Waals surface area contributed by atoms with E-state index < -0.39 is 6.18 Å². The average Bonchev–Trinajstić information content (AvgIpc) is 2.93. The maximum absolute atomic E-state index is 11.2. The van der Waals surface area contributed by atoms with Crippen molar-refractivity contribution in [2.45, 2.75) is 40.4 Å². The number of benzene rings is 2. The summed E-state index contributed by atoms with van der Waals surface area (Å²) < 4.78 is 33.2. The van der Waals surface area contributed by atoms with Crippen LogP contribution in [0.1, 0.15) is 31.9 Å². The highest BCUT2D eigenvalue weighted by molar-refractivity contribution is 5.95. The summed E-state index contributed by atoms with van der Waals surface area (Å²) in [5.74, 6) is -0.0985. The lowest BCUT2D eigenvalue weighted by molar-refractivity contribution is -0.114. The molecular formula is C22H22F3N3O. The second-order valence-corrected chi connectivity index (χ2v) is 6.64. The molecule has 7 heteroatoms. The molecule has 2 aromatic carbocycles. The van der Waals surface area contributed by atoms with Gasteiger partial charge in [-0.15, -0.1) is 0 Å². The van der Waals surface area contributed by atoms with Crippen LogP contribution in [-0.4, -0.2) is 16.7 Å². The highest BCUT2D eigenvalue weighted by atomic mass is 19.4. The second kappa shape index (κ2) is 8.82. The van der Waals surface area contributed by atoms with Gasteiger partial charge in [0.05, 0.1) is 16.8 Å². The Labute approximate surface area is 167 Å². The molecule has 29 heavy (non-hydrogen) atoms. The molecule has 0 fully saturated rings. The summed E-state index contributed by atoms with van der Waals surface area (Å²) in [5, 5.41) is 13.5. The van der Waals surface area contributed by atoms with E-state index in [9.17, 15) is 23.2 Å². The number of hydrogen-bond donors (Lipinski definition) is 1. The minimum absolute atomic E-state index is 0.0985. The van der Waals surface area contributed by atoms with Crippen LogP contribution in [-0.2, 0) is 11.3 Å². The molecule has 3 rings (SSSR count). The lowest BCUT2D eigenvalue weighted by Gasteiger charge is -2.10. The molecular weight excluding hydrogens is 379 g/mol. The molecule has 0 aliphatic rings. The van der Waals surface area contributed by atoms with Gasteiger partial charge < -0.3 is 9.88 Å². The number of rotatable bonds is 3. The Kier molecular flexibility index (Phi) is 6.70. The molecule has 152 valence electrons. The highest BCUT2D eigenvalue weighted by Crippen LogP contribution is 2.34. The van der Waals surface area contributed by atoms with Gasteiger partial charge in [0.1, 0.15) is 6.07 Å². The van der Waals surface area contributed by atoms with Crippen molar-refractivity contribution in [2.75, 3.05) is 5.32 Å². The van der Waals surface area contributed by atoms with Crippen LogP contribution in [0.4, 0.5) is 18.9 Å². The molecule has 0 atom stereocenters. The van der Waals surface area contributed by atoms with Crippen LogP contribution in [0.2, 0.25) is 0 Å². The van der Waals surface area contributed by atoms with Gasteiger partial charge in [0.25, 0.3) is 0 Å². The summed E-state index contributed by atoms with van der Waals surface area (Å²) in [7, 11) is 0. The number of carbonyl (C=O) groups is 1. The van der Waals surface area contributed by atoms with E-state index in [2.05, 4.69) is 35.9 Å². The summed E-state index contributed by atoms with van der Waals surface area (Å²) in [6.45, 7) is 6.59. The number of hydrogen-bond acceptors (Lipinski definition) is 2. The molecule has 0 saturated heterocycles. The van der Waals surface area contributed by atoms with Crippen molar-refractivity contribution in [3.63, 3.8) is 0 Å². The fourth-order valence-electron chi connectivity index (χ4n) is 3.12. The molecule has 4 nitrogen and oxygen atoms in total. The Morgan fingerprint density at radius 2 is 1.76 bits per heavy atom. The van der Waals surface area contributed by atoms with Gasteiger partial charge in [-0.3, -0.25) is 4.79 Å². The number of alkyl halides is 3. The third-order valence-corrected chi connectivity index (χ3v) is 4.13. The molecule has 0 spiro atoms. The highest BCUT2D eigenvalue weighted by Gasteiger charge is 2.18. The Bertz CT molecular complexity index is 1050. The predicted octanol–water partition coefficient (Wildman–Crippen LogP) is 6.04. The summed E-state index contributed by atoms with van der Waals surface area (Å²) in [5.41, 5.74) is 5.59. The summed E-state index contributed by atoms with van der Waals surface area (Å²) in [4.78, 5) is 11.2. The van der Waals surface area contributed by atoms with Crippen molar-refractivity contribution in [3.05, 3.63) is 53.6 Å². The minimum atomic E-state index is -4.00. The van der Waals surface area contributed by atoms with Crippen LogP contribution in [0.5, 0.6) is 0 Å². The number of halogens is 3. The molecule has 0 aliphatic carbocycles. The zero-order valence-corrected chi connectivity index (χ0v) is 16.7. The Morgan fingerprint density at radius 1 is 1.17 bits per heavy atom. The molecule has 1 aromatic heterocycles. The quantitative estimate of drug-likeness (QED) is 0.582. The van der Waals surface area contributed by atoms with E-state index in [0.717, 1.165) is 34.4 Å². The fraction of sp³-hybridized carbons (Fsp3) is 0.273. The largest absolute Gasteiger partial charge is 0.386 e. The van der Waals surface area contributed by atoms with Gasteiger partial charge in [-0.1, -0.05) is 24.3 Å². The summed E-state index contributed by atoms with van der Waals surface area (Å²) in [6.07, 6.45) is -4.00. The van der Waals surface area contributed by atoms with Gasteiger partial charge in [-0.2, -0.15) is 18.4 Å². The van der Waals surface area contributed by atoms with Crippen molar-refractivity contribution in [2.24, 2.45) is 0 Å². The molecule has 0 bridgehead atoms. The number of nitrogens with one attached hydrogen (secondary N) is 1. The summed E-state index contributed by atoms with van der Waals surface area (Å²) >= 11 is 0. The lowest BCUT2D eigenvalue weighted by Crippen LogP contribution is -2.05. The SMILES string of the molecule is CC(F)(F)F.CCn1c(-c2ccc(NC(C)=O)cc2)c(C#N)c2ccc(C)cc21. The van der Waals surface area contributed by atoms with E-state index >= 15 is 0 Å². The zero-order chi connectivity index (χ0) is 21.8. The maximum Gasteiger partial charge on any atom is 0.386 e. The van der Waals surface area contributed by atoms with E-state index in [1.165, 1.54) is 12.5 Å². The van der Waals surface area contributed by atoms with Crippen LogP contribution in [0, 0.1) is 18.3 Å². The third kappa shape index (κ3) is 5.61. The van der Waals surface area contributed by atoms with E-state index in [1.54, 1.807) is 0 Å². The topological polar surface area (TPSA) is 57.8 Å². The lowest BCUT2D eigenvalue weighted by atomic mass is 10.1. The van der Waals surface area contributed by atoms with Crippen LogP contribution in [0.15, 0.2) is 42.5 Å². The monoisotopic (exact) mass is 401 g/mol. The third-order valence-electron chi connectivity index (χ3n) is 4.13. The molecule has 0 aliphatic heterocycles. The maximum atomic E-state index is 11.2. The number of nitrogens with zero attached hydrogens (tertiary/aromatic N) is 2. The van der Waals surface area contributed by atoms with Gasteiger partial charge in [-0.05, 0) is 43.2 Å². The van der Waals surface area contributed by atoms with Crippen LogP contribution in [0.3, 0.4) is 0 Å². The van der Waals surface area contributed by atoms with Crippen molar-refractivity contribution in [3.8, 4) is 17.3 Å². The normalized spacial score (nSPS) is 10.8. The first-order valence-corrected chi connectivity index (χ1v) is 9.02. The number of amides is 1. The van der Waals surface area contributed by atoms with Gasteiger partial charge in [-0.25, -0.2) is 0 Å². The fourth-order valence-corrected chi connectivity index (χ4v) is 3.12. The number of anilines is 1. The summed E-state index contributed by atoms with van der Waals surface area (Å²) in [6, 6.07) is 16.2. The number of fused-ring (bicyclic) bond motifs is 1. The molecule has 0 unspecified atom stereocenters. The second-order valence-electron chi connectivity index (χ2n) is 6.64. The molecule has 1 N–H and O–H groups in total. The standard InChI is InChI=1S/C20H19N3O.C2H3F3/c1-4-23-19-11-13(2)5-10-17(19)18(12-21)20(23)15-6-8-16(9-7-15)22-14(3)24;1-2(3,4)5/h5-11H,4H2,1-3H3,(H,22,24);1H3. The van der Waals surface area contributed by atoms with Crippen LogP contribution < -0.4 is 5.32 Å². The zero-order valence-electron chi connectivity index (χ0n) is 16.7. The van der Waals surface area contributed by atoms with E-state index in [0.29, 0.717) is 5.56 Å². The predicted molar refractivity (Wildman–Crippen MR) is 109 cm³/mol. The molecule has 0 saturated carbocycles. The van der Waals surface area contributed by atoms with Gasteiger partial charge >= 0.3 is 6.18 Å². The first kappa shape index (κ1) is 22.0. The molecule has 1 heterocycles.